The van der Waals surface area contributed by atoms with Crippen molar-refractivity contribution in [2.45, 2.75) is 32.8 Å². The van der Waals surface area contributed by atoms with E-state index in [-0.39, 0.29) is 11.7 Å². The fourth-order valence-electron chi connectivity index (χ4n) is 1.29. The van der Waals surface area contributed by atoms with Gasteiger partial charge in [0.25, 0.3) is 0 Å². The van der Waals surface area contributed by atoms with Crippen molar-refractivity contribution in [3.05, 3.63) is 34.1 Å². The third-order valence-electron chi connectivity index (χ3n) is 2.56. The summed E-state index contributed by atoms with van der Waals surface area (Å²) in [7, 11) is 0. The van der Waals surface area contributed by atoms with E-state index in [0.717, 1.165) is 0 Å². The van der Waals surface area contributed by atoms with Crippen molar-refractivity contribution in [1.82, 2.24) is 0 Å². The Bertz CT molecular complexity index is 336. The summed E-state index contributed by atoms with van der Waals surface area (Å²) in [5.41, 5.74) is 0.957. The zero-order chi connectivity index (χ0) is 10.9. The lowest BCUT2D eigenvalue weighted by atomic mass is 9.94. The molecule has 0 aliphatic rings. The highest BCUT2D eigenvalue weighted by Gasteiger charge is 2.17. The van der Waals surface area contributed by atoms with Crippen molar-refractivity contribution in [3.63, 3.8) is 0 Å². The number of halogens is 2. The van der Waals surface area contributed by atoms with Crippen LogP contribution >= 0.6 is 11.6 Å². The molecule has 14 heavy (non-hydrogen) atoms. The molecule has 2 unspecified atom stereocenters. The van der Waals surface area contributed by atoms with Gasteiger partial charge in [0.2, 0.25) is 0 Å². The Hall–Kier alpha value is -0.600. The molecule has 0 heterocycles. The second kappa shape index (κ2) is 4.28. The highest BCUT2D eigenvalue weighted by molar-refractivity contribution is 6.31. The van der Waals surface area contributed by atoms with E-state index >= 15 is 0 Å². The first-order chi connectivity index (χ1) is 6.45. The molecule has 0 aliphatic carbocycles. The van der Waals surface area contributed by atoms with Crippen molar-refractivity contribution in [2.24, 2.45) is 0 Å². The summed E-state index contributed by atoms with van der Waals surface area (Å²) in [6, 6.07) is 3.29. The van der Waals surface area contributed by atoms with Crippen LogP contribution in [0.3, 0.4) is 0 Å². The van der Waals surface area contributed by atoms with Gasteiger partial charge in [-0.1, -0.05) is 24.6 Å². The summed E-state index contributed by atoms with van der Waals surface area (Å²) in [6.45, 7) is 5.07. The maximum atomic E-state index is 13.7. The topological polar surface area (TPSA) is 20.2 Å². The molecule has 2 atom stereocenters. The lowest BCUT2D eigenvalue weighted by Crippen LogP contribution is -2.13. The smallest absolute Gasteiger partial charge is 0.131 e. The summed E-state index contributed by atoms with van der Waals surface area (Å²) in [5.74, 6) is -0.531. The molecule has 0 fully saturated rings. The Morgan fingerprint density at radius 1 is 1.36 bits per heavy atom. The molecule has 0 saturated carbocycles. The Morgan fingerprint density at radius 3 is 2.43 bits per heavy atom. The lowest BCUT2D eigenvalue weighted by Gasteiger charge is -2.17. The number of aliphatic hydroxyl groups excluding tert-OH is 1. The van der Waals surface area contributed by atoms with Crippen molar-refractivity contribution in [1.29, 1.82) is 0 Å². The van der Waals surface area contributed by atoms with Crippen molar-refractivity contribution in [3.8, 4) is 0 Å². The molecule has 0 spiro atoms. The molecular weight excluding hydrogens is 203 g/mol. The predicted octanol–water partition coefficient (Wildman–Crippen LogP) is 3.27. The van der Waals surface area contributed by atoms with Gasteiger partial charge in [0.15, 0.2) is 0 Å². The molecular formula is C11H14ClFO. The summed E-state index contributed by atoms with van der Waals surface area (Å²) >= 11 is 5.77. The highest BCUT2D eigenvalue weighted by atomic mass is 35.5. The fourth-order valence-corrected chi connectivity index (χ4v) is 1.44. The Morgan fingerprint density at radius 2 is 1.93 bits per heavy atom. The van der Waals surface area contributed by atoms with Crippen LogP contribution in [-0.4, -0.2) is 11.2 Å². The van der Waals surface area contributed by atoms with Crippen LogP contribution in [-0.2, 0) is 0 Å². The number of aliphatic hydroxyl groups is 1. The minimum absolute atomic E-state index is 0.217. The minimum atomic E-state index is -0.565. The molecule has 0 saturated heterocycles. The zero-order valence-electron chi connectivity index (χ0n) is 8.51. The van der Waals surface area contributed by atoms with Gasteiger partial charge in [-0.2, -0.15) is 0 Å². The first kappa shape index (κ1) is 11.5. The molecule has 1 N–H and O–H groups in total. The molecule has 3 heteroatoms. The monoisotopic (exact) mass is 216 g/mol. The van der Waals surface area contributed by atoms with Gasteiger partial charge < -0.3 is 5.11 Å². The van der Waals surface area contributed by atoms with Crippen LogP contribution in [0.25, 0.3) is 0 Å². The van der Waals surface area contributed by atoms with Crippen LogP contribution in [0, 0.1) is 12.7 Å². The minimum Gasteiger partial charge on any atom is -0.393 e. The lowest BCUT2D eigenvalue weighted by molar-refractivity contribution is 0.167. The van der Waals surface area contributed by atoms with Gasteiger partial charge in [0, 0.05) is 16.5 Å². The van der Waals surface area contributed by atoms with E-state index in [0.29, 0.717) is 16.1 Å². The van der Waals surface area contributed by atoms with E-state index in [1.165, 1.54) is 0 Å². The second-order valence-corrected chi connectivity index (χ2v) is 4.01. The molecule has 0 bridgehead atoms. The van der Waals surface area contributed by atoms with Gasteiger partial charge in [0.05, 0.1) is 6.10 Å². The Balaban J connectivity index is 3.17. The highest BCUT2D eigenvalue weighted by Crippen LogP contribution is 2.27. The average molecular weight is 217 g/mol. The largest absolute Gasteiger partial charge is 0.393 e. The third-order valence-corrected chi connectivity index (χ3v) is 2.97. The van der Waals surface area contributed by atoms with E-state index < -0.39 is 6.10 Å². The maximum absolute atomic E-state index is 13.7. The SMILES string of the molecule is Cc1c(Cl)ccc(C(C)C(C)O)c1F. The van der Waals surface area contributed by atoms with E-state index in [9.17, 15) is 9.50 Å². The first-order valence-electron chi connectivity index (χ1n) is 4.57. The number of benzene rings is 1. The summed E-state index contributed by atoms with van der Waals surface area (Å²) < 4.78 is 13.7. The van der Waals surface area contributed by atoms with Crippen LogP contribution in [0.4, 0.5) is 4.39 Å². The number of hydrogen-bond donors (Lipinski definition) is 1. The van der Waals surface area contributed by atoms with Crippen LogP contribution in [0.5, 0.6) is 0 Å². The first-order valence-corrected chi connectivity index (χ1v) is 4.95. The molecule has 1 rings (SSSR count). The summed E-state index contributed by atoms with van der Waals surface area (Å²) in [4.78, 5) is 0. The van der Waals surface area contributed by atoms with Gasteiger partial charge in [-0.05, 0) is 25.5 Å². The van der Waals surface area contributed by atoms with E-state index in [1.54, 1.807) is 32.9 Å². The average Bonchev–Trinajstić information content (AvgIpc) is 2.13. The standard InChI is InChI=1S/C11H14ClFO/c1-6(8(3)14)9-4-5-10(12)7(2)11(9)13/h4-6,8,14H,1-3H3. The van der Waals surface area contributed by atoms with E-state index in [2.05, 4.69) is 0 Å². The van der Waals surface area contributed by atoms with Gasteiger partial charge in [-0.25, -0.2) is 4.39 Å². The van der Waals surface area contributed by atoms with Crippen LogP contribution < -0.4 is 0 Å². The molecule has 0 radical (unpaired) electrons. The molecule has 1 aromatic carbocycles. The quantitative estimate of drug-likeness (QED) is 0.805. The normalized spacial score (nSPS) is 15.3. The Labute approximate surface area is 88.5 Å². The molecule has 0 amide bonds. The van der Waals surface area contributed by atoms with E-state index in [4.69, 9.17) is 11.6 Å². The van der Waals surface area contributed by atoms with Crippen LogP contribution in [0.1, 0.15) is 30.9 Å². The molecule has 78 valence electrons. The van der Waals surface area contributed by atoms with Gasteiger partial charge >= 0.3 is 0 Å². The third kappa shape index (κ3) is 2.07. The van der Waals surface area contributed by atoms with Gasteiger partial charge in [0.1, 0.15) is 5.82 Å². The molecule has 1 nitrogen and oxygen atoms in total. The Kier molecular flexibility index (Phi) is 3.51. The van der Waals surface area contributed by atoms with Crippen LogP contribution in [0.15, 0.2) is 12.1 Å². The van der Waals surface area contributed by atoms with Gasteiger partial charge in [-0.3, -0.25) is 0 Å². The van der Waals surface area contributed by atoms with Crippen LogP contribution in [0.2, 0.25) is 5.02 Å². The fraction of sp³-hybridized carbons (Fsp3) is 0.455. The van der Waals surface area contributed by atoms with Gasteiger partial charge in [-0.15, -0.1) is 0 Å². The predicted molar refractivity (Wildman–Crippen MR) is 56.2 cm³/mol. The number of hydrogen-bond acceptors (Lipinski definition) is 1. The second-order valence-electron chi connectivity index (χ2n) is 3.60. The molecule has 0 aliphatic heterocycles. The summed E-state index contributed by atoms with van der Waals surface area (Å²) in [5, 5.41) is 9.78. The molecule has 0 aromatic heterocycles. The van der Waals surface area contributed by atoms with Crippen molar-refractivity contribution >= 4 is 11.6 Å². The van der Waals surface area contributed by atoms with E-state index in [1.807, 2.05) is 0 Å². The van der Waals surface area contributed by atoms with Crippen molar-refractivity contribution in [2.75, 3.05) is 0 Å². The molecule has 1 aromatic rings. The summed E-state index contributed by atoms with van der Waals surface area (Å²) in [6.07, 6.45) is -0.565. The van der Waals surface area contributed by atoms with Crippen molar-refractivity contribution < 1.29 is 9.50 Å². The zero-order valence-corrected chi connectivity index (χ0v) is 9.27. The maximum Gasteiger partial charge on any atom is 0.131 e. The number of rotatable bonds is 2.